The second kappa shape index (κ2) is 7.50. The fourth-order valence-electron chi connectivity index (χ4n) is 3.33. The van der Waals surface area contributed by atoms with Gasteiger partial charge in [0.1, 0.15) is 5.01 Å². The molecule has 0 amide bonds. The number of rotatable bonds is 5. The Morgan fingerprint density at radius 3 is 2.74 bits per heavy atom. The lowest BCUT2D eigenvalue weighted by atomic mass is 9.92. The molecule has 0 bridgehead atoms. The van der Waals surface area contributed by atoms with E-state index in [1.165, 1.54) is 23.3 Å². The first-order chi connectivity index (χ1) is 13.0. The molecule has 0 saturated heterocycles. The van der Waals surface area contributed by atoms with E-state index < -0.39 is 10.0 Å². The summed E-state index contributed by atoms with van der Waals surface area (Å²) in [6, 6.07) is 9.32. The molecule has 3 aromatic rings. The van der Waals surface area contributed by atoms with Gasteiger partial charge in [0.2, 0.25) is 10.0 Å². The van der Waals surface area contributed by atoms with Crippen LogP contribution in [0.15, 0.2) is 47.6 Å². The molecule has 1 aliphatic carbocycles. The van der Waals surface area contributed by atoms with Crippen molar-refractivity contribution in [3.8, 4) is 10.6 Å². The Morgan fingerprint density at radius 2 is 1.96 bits per heavy atom. The number of pyridine rings is 1. The van der Waals surface area contributed by atoms with Crippen LogP contribution >= 0.6 is 11.3 Å². The van der Waals surface area contributed by atoms with Crippen LogP contribution in [-0.4, -0.2) is 18.4 Å². The van der Waals surface area contributed by atoms with Crippen LogP contribution in [0.4, 0.5) is 0 Å². The lowest BCUT2D eigenvalue weighted by Gasteiger charge is -2.16. The number of hydrogen-bond acceptors (Lipinski definition) is 5. The van der Waals surface area contributed by atoms with Crippen molar-refractivity contribution < 1.29 is 8.42 Å². The van der Waals surface area contributed by atoms with Crippen LogP contribution in [0.3, 0.4) is 0 Å². The molecular formula is C20H21N3O2S2. The summed E-state index contributed by atoms with van der Waals surface area (Å²) in [5, 5.41) is 0.851. The number of aromatic nitrogens is 2. The van der Waals surface area contributed by atoms with E-state index in [0.29, 0.717) is 4.90 Å². The SMILES string of the molecule is Cc1nc(-c2cccnc2)sc1CNS(=O)(=O)c1ccc2c(c1)CCCC2. The molecule has 0 unspecified atom stereocenters. The maximum absolute atomic E-state index is 12.7. The van der Waals surface area contributed by atoms with Gasteiger partial charge in [-0.05, 0) is 68.0 Å². The Balaban J connectivity index is 1.52. The summed E-state index contributed by atoms with van der Waals surface area (Å²) in [5.74, 6) is 0. The molecule has 0 aliphatic heterocycles. The Hall–Kier alpha value is -2.09. The van der Waals surface area contributed by atoms with Gasteiger partial charge in [-0.2, -0.15) is 0 Å². The Labute approximate surface area is 163 Å². The molecule has 0 atom stereocenters. The average Bonchev–Trinajstić information content (AvgIpc) is 3.07. The van der Waals surface area contributed by atoms with E-state index in [4.69, 9.17) is 0 Å². The van der Waals surface area contributed by atoms with Crippen molar-refractivity contribution >= 4 is 21.4 Å². The van der Waals surface area contributed by atoms with Crippen molar-refractivity contribution in [3.05, 3.63) is 64.4 Å². The van der Waals surface area contributed by atoms with E-state index in [1.54, 1.807) is 18.5 Å². The van der Waals surface area contributed by atoms with Gasteiger partial charge in [-0.1, -0.05) is 6.07 Å². The van der Waals surface area contributed by atoms with E-state index >= 15 is 0 Å². The van der Waals surface area contributed by atoms with Crippen molar-refractivity contribution in [2.24, 2.45) is 0 Å². The maximum Gasteiger partial charge on any atom is 0.240 e. The number of nitrogens with zero attached hydrogens (tertiary/aromatic N) is 2. The molecule has 27 heavy (non-hydrogen) atoms. The topological polar surface area (TPSA) is 72.0 Å². The van der Waals surface area contributed by atoms with Gasteiger partial charge in [0.15, 0.2) is 0 Å². The number of aryl methyl sites for hydroxylation is 3. The van der Waals surface area contributed by atoms with E-state index in [9.17, 15) is 8.42 Å². The zero-order chi connectivity index (χ0) is 18.9. The molecule has 2 aromatic heterocycles. The maximum atomic E-state index is 12.7. The summed E-state index contributed by atoms with van der Waals surface area (Å²) < 4.78 is 28.2. The third-order valence-corrected chi connectivity index (χ3v) is 7.46. The first-order valence-corrected chi connectivity index (χ1v) is 11.3. The van der Waals surface area contributed by atoms with Crippen LogP contribution in [0.2, 0.25) is 0 Å². The summed E-state index contributed by atoms with van der Waals surface area (Å²) in [4.78, 5) is 9.93. The molecule has 0 saturated carbocycles. The van der Waals surface area contributed by atoms with Crippen molar-refractivity contribution in [1.82, 2.24) is 14.7 Å². The Kier molecular flexibility index (Phi) is 5.08. The summed E-state index contributed by atoms with van der Waals surface area (Å²) in [7, 11) is -3.55. The van der Waals surface area contributed by atoms with Crippen LogP contribution in [0.25, 0.3) is 10.6 Å². The molecule has 1 N–H and O–H groups in total. The zero-order valence-electron chi connectivity index (χ0n) is 15.1. The van der Waals surface area contributed by atoms with Crippen molar-refractivity contribution in [2.75, 3.05) is 0 Å². The smallest absolute Gasteiger partial charge is 0.240 e. The standard InChI is InChI=1S/C20H21N3O2S2/c1-14-19(26-20(23-14)17-7-4-10-21-12-17)13-22-27(24,25)18-9-8-15-5-2-3-6-16(15)11-18/h4,7-12,22H,2-3,5-6,13H2,1H3. The fourth-order valence-corrected chi connectivity index (χ4v) is 5.45. The Morgan fingerprint density at radius 1 is 1.15 bits per heavy atom. The van der Waals surface area contributed by atoms with Crippen molar-refractivity contribution in [1.29, 1.82) is 0 Å². The highest BCUT2D eigenvalue weighted by molar-refractivity contribution is 7.89. The highest BCUT2D eigenvalue weighted by Crippen LogP contribution is 2.28. The van der Waals surface area contributed by atoms with Gasteiger partial charge in [-0.15, -0.1) is 11.3 Å². The van der Waals surface area contributed by atoms with Crippen LogP contribution in [-0.2, 0) is 29.4 Å². The van der Waals surface area contributed by atoms with Crippen LogP contribution in [0.1, 0.15) is 34.5 Å². The van der Waals surface area contributed by atoms with Crippen LogP contribution in [0.5, 0.6) is 0 Å². The largest absolute Gasteiger partial charge is 0.264 e. The number of hydrogen-bond donors (Lipinski definition) is 1. The lowest BCUT2D eigenvalue weighted by Crippen LogP contribution is -2.23. The van der Waals surface area contributed by atoms with Gasteiger partial charge >= 0.3 is 0 Å². The van der Waals surface area contributed by atoms with Crippen LogP contribution in [0, 0.1) is 6.92 Å². The summed E-state index contributed by atoms with van der Waals surface area (Å²) in [6.07, 6.45) is 7.79. The van der Waals surface area contributed by atoms with Crippen molar-refractivity contribution in [2.45, 2.75) is 44.0 Å². The summed E-state index contributed by atoms with van der Waals surface area (Å²) in [5.41, 5.74) is 4.22. The molecule has 0 spiro atoms. The molecule has 2 heterocycles. The first-order valence-electron chi connectivity index (χ1n) is 9.01. The third kappa shape index (κ3) is 3.95. The van der Waals surface area contributed by atoms with Crippen LogP contribution < -0.4 is 4.72 Å². The van der Waals surface area contributed by atoms with Gasteiger partial charge in [0.05, 0.1) is 10.6 Å². The minimum Gasteiger partial charge on any atom is -0.264 e. The second-order valence-electron chi connectivity index (χ2n) is 6.73. The number of thiazole rings is 1. The Bertz CT molecular complexity index is 1060. The highest BCUT2D eigenvalue weighted by Gasteiger charge is 2.19. The monoisotopic (exact) mass is 399 g/mol. The summed E-state index contributed by atoms with van der Waals surface area (Å²) >= 11 is 1.49. The van der Waals surface area contributed by atoms with E-state index in [1.807, 2.05) is 31.2 Å². The normalized spacial score (nSPS) is 14.1. The van der Waals surface area contributed by atoms with Gasteiger partial charge in [0.25, 0.3) is 0 Å². The number of fused-ring (bicyclic) bond motifs is 1. The van der Waals surface area contributed by atoms with Crippen molar-refractivity contribution in [3.63, 3.8) is 0 Å². The molecule has 7 heteroatoms. The molecular weight excluding hydrogens is 378 g/mol. The highest BCUT2D eigenvalue weighted by atomic mass is 32.2. The molecule has 0 radical (unpaired) electrons. The fraction of sp³-hybridized carbons (Fsp3) is 0.300. The predicted octanol–water partition coefficient (Wildman–Crippen LogP) is 3.87. The van der Waals surface area contributed by atoms with E-state index in [2.05, 4.69) is 14.7 Å². The molecule has 1 aromatic carbocycles. The van der Waals surface area contributed by atoms with Gasteiger partial charge in [0, 0.05) is 29.4 Å². The van der Waals surface area contributed by atoms with Gasteiger partial charge in [-0.25, -0.2) is 18.1 Å². The van der Waals surface area contributed by atoms with E-state index in [-0.39, 0.29) is 6.54 Å². The van der Waals surface area contributed by atoms with E-state index in [0.717, 1.165) is 46.0 Å². The minimum atomic E-state index is -3.55. The first kappa shape index (κ1) is 18.3. The van der Waals surface area contributed by atoms with Gasteiger partial charge in [-0.3, -0.25) is 4.98 Å². The van der Waals surface area contributed by atoms with Gasteiger partial charge < -0.3 is 0 Å². The molecule has 140 valence electrons. The predicted molar refractivity (Wildman–Crippen MR) is 107 cm³/mol. The molecule has 0 fully saturated rings. The summed E-state index contributed by atoms with van der Waals surface area (Å²) in [6.45, 7) is 2.14. The molecule has 4 rings (SSSR count). The average molecular weight is 400 g/mol. The quantitative estimate of drug-likeness (QED) is 0.707. The zero-order valence-corrected chi connectivity index (χ0v) is 16.7. The number of benzene rings is 1. The molecule has 1 aliphatic rings. The lowest BCUT2D eigenvalue weighted by molar-refractivity contribution is 0.581. The minimum absolute atomic E-state index is 0.239. The molecule has 5 nitrogen and oxygen atoms in total. The number of nitrogens with one attached hydrogen (secondary N) is 1. The third-order valence-electron chi connectivity index (χ3n) is 4.85. The second-order valence-corrected chi connectivity index (χ2v) is 9.58. The number of sulfonamides is 1.